The molecule has 0 spiro atoms. The van der Waals surface area contributed by atoms with Crippen molar-refractivity contribution < 1.29 is 14.0 Å². The molecule has 3 rings (SSSR count). The number of benzene rings is 1. The van der Waals surface area contributed by atoms with Crippen LogP contribution in [0.25, 0.3) is 0 Å². The summed E-state index contributed by atoms with van der Waals surface area (Å²) in [6.45, 7) is 4.71. The van der Waals surface area contributed by atoms with Gasteiger partial charge in [-0.05, 0) is 53.5 Å². The third-order valence-electron chi connectivity index (χ3n) is 5.52. The van der Waals surface area contributed by atoms with Crippen molar-refractivity contribution in [3.05, 3.63) is 34.1 Å². The molecular formula is C19H25BrFN3O2. The largest absolute Gasteiger partial charge is 0.343 e. The zero-order chi connectivity index (χ0) is 18.9. The average molecular weight is 426 g/mol. The number of likely N-dealkylation sites (N-methyl/N-ethyl adjacent to an activating group) is 1. The molecule has 5 nitrogen and oxygen atoms in total. The third kappa shape index (κ3) is 3.78. The summed E-state index contributed by atoms with van der Waals surface area (Å²) < 4.78 is 14.5. The highest BCUT2D eigenvalue weighted by Gasteiger charge is 2.55. The Hall–Kier alpha value is -1.47. The maximum absolute atomic E-state index is 14.1. The first kappa shape index (κ1) is 19.3. The molecule has 142 valence electrons. The number of nitrogens with zero attached hydrogens (tertiary/aromatic N) is 2. The van der Waals surface area contributed by atoms with E-state index in [0.717, 1.165) is 31.5 Å². The van der Waals surface area contributed by atoms with E-state index < -0.39 is 11.5 Å². The van der Waals surface area contributed by atoms with Crippen molar-refractivity contribution in [2.75, 3.05) is 33.2 Å². The maximum Gasteiger partial charge on any atom is 0.246 e. The molecule has 2 aliphatic rings. The van der Waals surface area contributed by atoms with E-state index in [1.807, 2.05) is 18.0 Å². The smallest absolute Gasteiger partial charge is 0.246 e. The van der Waals surface area contributed by atoms with Gasteiger partial charge in [0.1, 0.15) is 11.9 Å². The van der Waals surface area contributed by atoms with Crippen molar-refractivity contribution in [1.82, 2.24) is 15.1 Å². The number of carbonyl (C=O) groups is 2. The van der Waals surface area contributed by atoms with E-state index >= 15 is 0 Å². The van der Waals surface area contributed by atoms with Crippen molar-refractivity contribution >= 4 is 27.7 Å². The zero-order valence-corrected chi connectivity index (χ0v) is 16.8. The van der Waals surface area contributed by atoms with Crippen LogP contribution in [0.15, 0.2) is 22.7 Å². The van der Waals surface area contributed by atoms with Crippen LogP contribution in [0.3, 0.4) is 0 Å². The van der Waals surface area contributed by atoms with Gasteiger partial charge in [0.2, 0.25) is 11.8 Å². The minimum Gasteiger partial charge on any atom is -0.343 e. The van der Waals surface area contributed by atoms with Gasteiger partial charge in [0.25, 0.3) is 0 Å². The fraction of sp³-hybridized carbons (Fsp3) is 0.579. The number of hydrogen-bond donors (Lipinski definition) is 1. The van der Waals surface area contributed by atoms with Crippen molar-refractivity contribution in [3.8, 4) is 0 Å². The fourth-order valence-corrected chi connectivity index (χ4v) is 3.84. The second-order valence-electron chi connectivity index (χ2n) is 7.27. The Labute approximate surface area is 162 Å². The lowest BCUT2D eigenvalue weighted by Crippen LogP contribution is -2.58. The molecule has 0 aromatic heterocycles. The summed E-state index contributed by atoms with van der Waals surface area (Å²) in [4.78, 5) is 29.4. The van der Waals surface area contributed by atoms with Gasteiger partial charge in [0.05, 0.1) is 4.47 Å². The van der Waals surface area contributed by atoms with Crippen molar-refractivity contribution in [2.24, 2.45) is 0 Å². The molecule has 1 saturated carbocycles. The molecule has 1 unspecified atom stereocenters. The van der Waals surface area contributed by atoms with Crippen LogP contribution < -0.4 is 5.32 Å². The Morgan fingerprint density at radius 2 is 1.92 bits per heavy atom. The second-order valence-corrected chi connectivity index (χ2v) is 8.12. The Kier molecular flexibility index (Phi) is 5.67. The Balaban J connectivity index is 1.89. The van der Waals surface area contributed by atoms with Gasteiger partial charge in [-0.2, -0.15) is 0 Å². The summed E-state index contributed by atoms with van der Waals surface area (Å²) in [5.41, 5.74) is 0.273. The molecule has 1 aliphatic heterocycles. The molecule has 0 bridgehead atoms. The van der Waals surface area contributed by atoms with E-state index in [0.29, 0.717) is 24.0 Å². The first-order valence-electron chi connectivity index (χ1n) is 9.09. The predicted molar refractivity (Wildman–Crippen MR) is 101 cm³/mol. The van der Waals surface area contributed by atoms with E-state index in [1.54, 1.807) is 13.0 Å². The molecule has 7 heteroatoms. The molecule has 2 amide bonds. The normalized spacial score (nSPS) is 20.5. The summed E-state index contributed by atoms with van der Waals surface area (Å²) in [7, 11) is 2.03. The fourth-order valence-electron chi connectivity index (χ4n) is 3.59. The summed E-state index contributed by atoms with van der Waals surface area (Å²) in [6.07, 6.45) is 1.85. The van der Waals surface area contributed by atoms with Gasteiger partial charge in [0, 0.05) is 38.0 Å². The van der Waals surface area contributed by atoms with E-state index in [-0.39, 0.29) is 17.6 Å². The molecule has 1 N–H and O–H groups in total. The topological polar surface area (TPSA) is 52.7 Å². The Morgan fingerprint density at radius 3 is 2.46 bits per heavy atom. The summed E-state index contributed by atoms with van der Waals surface area (Å²) in [5, 5.41) is 2.93. The van der Waals surface area contributed by atoms with Gasteiger partial charge in [0.15, 0.2) is 0 Å². The van der Waals surface area contributed by atoms with Crippen LogP contribution >= 0.6 is 15.9 Å². The number of amides is 2. The van der Waals surface area contributed by atoms with Gasteiger partial charge in [-0.1, -0.05) is 13.0 Å². The summed E-state index contributed by atoms with van der Waals surface area (Å²) in [5.74, 6) is -0.552. The van der Waals surface area contributed by atoms with Crippen molar-refractivity contribution in [2.45, 2.75) is 37.6 Å². The monoisotopic (exact) mass is 425 g/mol. The predicted octanol–water partition coefficient (Wildman–Crippen LogP) is 2.29. The van der Waals surface area contributed by atoms with E-state index in [1.165, 1.54) is 6.07 Å². The molecule has 1 heterocycles. The van der Waals surface area contributed by atoms with E-state index in [2.05, 4.69) is 26.1 Å². The summed E-state index contributed by atoms with van der Waals surface area (Å²) >= 11 is 3.18. The standard InChI is InChI=1S/C19H25BrFN3O2/c1-3-16(25)22-17(18(26)24-10-8-23(2)9-11-24)19(6-7-19)13-4-5-14(20)15(21)12-13/h4-5,12,17H,3,6-11H2,1-2H3,(H,22,25). The zero-order valence-electron chi connectivity index (χ0n) is 15.2. The van der Waals surface area contributed by atoms with Crippen LogP contribution in [0.2, 0.25) is 0 Å². The van der Waals surface area contributed by atoms with Crippen LogP contribution in [0.5, 0.6) is 0 Å². The molecule has 1 atom stereocenters. The lowest BCUT2D eigenvalue weighted by Gasteiger charge is -2.37. The van der Waals surface area contributed by atoms with Gasteiger partial charge >= 0.3 is 0 Å². The molecule has 0 radical (unpaired) electrons. The van der Waals surface area contributed by atoms with E-state index in [4.69, 9.17) is 0 Å². The molecule has 1 aromatic carbocycles. The minimum absolute atomic E-state index is 0.0549. The van der Waals surface area contributed by atoms with Gasteiger partial charge in [-0.15, -0.1) is 0 Å². The number of rotatable bonds is 5. The van der Waals surface area contributed by atoms with Crippen molar-refractivity contribution in [3.63, 3.8) is 0 Å². The van der Waals surface area contributed by atoms with Gasteiger partial charge in [-0.25, -0.2) is 4.39 Å². The average Bonchev–Trinajstić information content (AvgIpc) is 3.43. The second kappa shape index (κ2) is 7.64. The molecule has 1 saturated heterocycles. The SMILES string of the molecule is CCC(=O)NC(C(=O)N1CCN(C)CC1)C1(c2ccc(Br)c(F)c2)CC1. The van der Waals surface area contributed by atoms with Gasteiger partial charge in [-0.3, -0.25) is 9.59 Å². The first-order chi connectivity index (χ1) is 12.4. The highest BCUT2D eigenvalue weighted by Crippen LogP contribution is 2.52. The highest BCUT2D eigenvalue weighted by atomic mass is 79.9. The maximum atomic E-state index is 14.1. The van der Waals surface area contributed by atoms with Crippen LogP contribution in [-0.4, -0.2) is 60.9 Å². The Bertz CT molecular complexity index is 700. The molecular weight excluding hydrogens is 401 g/mol. The lowest BCUT2D eigenvalue weighted by atomic mass is 9.86. The molecule has 26 heavy (non-hydrogen) atoms. The van der Waals surface area contributed by atoms with Gasteiger partial charge < -0.3 is 15.1 Å². The molecule has 1 aromatic rings. The molecule has 2 fully saturated rings. The van der Waals surface area contributed by atoms with Crippen LogP contribution in [0, 0.1) is 5.82 Å². The number of nitrogens with one attached hydrogen (secondary N) is 1. The summed E-state index contributed by atoms with van der Waals surface area (Å²) in [6, 6.07) is 4.37. The number of carbonyl (C=O) groups excluding carboxylic acids is 2. The van der Waals surface area contributed by atoms with Crippen LogP contribution in [0.1, 0.15) is 31.7 Å². The quantitative estimate of drug-likeness (QED) is 0.787. The van der Waals surface area contributed by atoms with Crippen LogP contribution in [-0.2, 0) is 15.0 Å². The minimum atomic E-state index is -0.640. The number of hydrogen-bond acceptors (Lipinski definition) is 3. The highest BCUT2D eigenvalue weighted by molar-refractivity contribution is 9.10. The van der Waals surface area contributed by atoms with Crippen LogP contribution in [0.4, 0.5) is 4.39 Å². The lowest BCUT2D eigenvalue weighted by molar-refractivity contribution is -0.138. The number of halogens is 2. The third-order valence-corrected chi connectivity index (χ3v) is 6.17. The molecule has 1 aliphatic carbocycles. The van der Waals surface area contributed by atoms with Crippen molar-refractivity contribution in [1.29, 1.82) is 0 Å². The van der Waals surface area contributed by atoms with E-state index in [9.17, 15) is 14.0 Å². The number of piperazine rings is 1. The Morgan fingerprint density at radius 1 is 1.27 bits per heavy atom. The first-order valence-corrected chi connectivity index (χ1v) is 9.89.